The molecule has 0 nitrogen and oxygen atoms in total. The van der Waals surface area contributed by atoms with Crippen molar-refractivity contribution < 1.29 is 0 Å². The van der Waals surface area contributed by atoms with Crippen LogP contribution in [0, 0.1) is 29.6 Å². The Labute approximate surface area is 63.0 Å². The van der Waals surface area contributed by atoms with E-state index in [1.165, 1.54) is 23.7 Å². The Balaban J connectivity index is 1.95. The highest BCUT2D eigenvalue weighted by atomic mass is 14.6. The first-order valence-corrected chi connectivity index (χ1v) is 4.88. The normalized spacial score (nSPS) is 63.9. The molecule has 0 amide bonds. The summed E-state index contributed by atoms with van der Waals surface area (Å²) in [5, 5.41) is 0. The molecule has 56 valence electrons. The van der Waals surface area contributed by atoms with Gasteiger partial charge in [-0.05, 0) is 55.3 Å². The van der Waals surface area contributed by atoms with Crippen LogP contribution in [-0.4, -0.2) is 0 Å². The van der Waals surface area contributed by atoms with Crippen LogP contribution in [0.25, 0.3) is 0 Å². The van der Waals surface area contributed by atoms with Gasteiger partial charge >= 0.3 is 0 Å². The first kappa shape index (κ1) is 5.62. The summed E-state index contributed by atoms with van der Waals surface area (Å²) in [5.41, 5.74) is 0. The van der Waals surface area contributed by atoms with Crippen molar-refractivity contribution in [2.24, 2.45) is 29.6 Å². The van der Waals surface area contributed by atoms with Crippen LogP contribution in [0.3, 0.4) is 0 Å². The zero-order chi connectivity index (χ0) is 6.72. The van der Waals surface area contributed by atoms with Crippen molar-refractivity contribution in [2.75, 3.05) is 0 Å². The minimum Gasteiger partial charge on any atom is -0.0620 e. The average Bonchev–Trinajstić information content (AvgIpc) is 2.21. The van der Waals surface area contributed by atoms with Gasteiger partial charge in [0.05, 0.1) is 0 Å². The van der Waals surface area contributed by atoms with E-state index < -0.39 is 0 Å². The lowest BCUT2D eigenvalue weighted by Gasteiger charge is -2.39. The molecule has 3 saturated carbocycles. The van der Waals surface area contributed by atoms with Gasteiger partial charge in [-0.1, -0.05) is 6.92 Å². The van der Waals surface area contributed by atoms with Crippen LogP contribution < -0.4 is 0 Å². The third-order valence-corrected chi connectivity index (χ3v) is 4.67. The molecule has 3 aliphatic carbocycles. The van der Waals surface area contributed by atoms with Crippen LogP contribution in [0.4, 0.5) is 0 Å². The second-order valence-corrected chi connectivity index (χ2v) is 4.67. The number of hydrogen-bond donors (Lipinski definition) is 0. The fourth-order valence-electron chi connectivity index (χ4n) is 4.05. The van der Waals surface area contributed by atoms with Crippen LogP contribution >= 0.6 is 0 Å². The van der Waals surface area contributed by atoms with Gasteiger partial charge in [0.1, 0.15) is 0 Å². The Morgan fingerprint density at radius 1 is 0.700 bits per heavy atom. The Bertz CT molecular complexity index is 139. The Morgan fingerprint density at radius 3 is 1.40 bits per heavy atom. The summed E-state index contributed by atoms with van der Waals surface area (Å²) in [6.45, 7) is 2.50. The zero-order valence-electron chi connectivity index (χ0n) is 6.72. The zero-order valence-corrected chi connectivity index (χ0v) is 6.72. The summed E-state index contributed by atoms with van der Waals surface area (Å²) in [5.74, 6) is 5.85. The maximum Gasteiger partial charge on any atom is -0.0352 e. The van der Waals surface area contributed by atoms with E-state index in [4.69, 9.17) is 0 Å². The summed E-state index contributed by atoms with van der Waals surface area (Å²) in [6, 6.07) is 0. The molecule has 0 aromatic heterocycles. The molecular weight excluding hydrogens is 120 g/mol. The van der Waals surface area contributed by atoms with Gasteiger partial charge in [0.2, 0.25) is 0 Å². The SMILES string of the molecule is CC1C2CCC1C1CCC21. The molecule has 3 fully saturated rings. The molecule has 10 heavy (non-hydrogen) atoms. The molecular formula is C10H16. The second kappa shape index (κ2) is 1.60. The Kier molecular flexibility index (Phi) is 0.898. The van der Waals surface area contributed by atoms with Crippen molar-refractivity contribution in [2.45, 2.75) is 32.6 Å². The van der Waals surface area contributed by atoms with Crippen LogP contribution in [0.5, 0.6) is 0 Å². The first-order valence-electron chi connectivity index (χ1n) is 4.88. The molecule has 4 unspecified atom stereocenters. The minimum atomic E-state index is 1.11. The van der Waals surface area contributed by atoms with Gasteiger partial charge < -0.3 is 0 Å². The van der Waals surface area contributed by atoms with E-state index in [0.29, 0.717) is 0 Å². The van der Waals surface area contributed by atoms with E-state index in [-0.39, 0.29) is 0 Å². The smallest absolute Gasteiger partial charge is 0.0352 e. The molecule has 0 N–H and O–H groups in total. The second-order valence-electron chi connectivity index (χ2n) is 4.67. The lowest BCUT2D eigenvalue weighted by atomic mass is 9.66. The highest BCUT2D eigenvalue weighted by Crippen LogP contribution is 2.63. The number of fused-ring (bicyclic) bond motifs is 5. The lowest BCUT2D eigenvalue weighted by molar-refractivity contribution is 0.103. The summed E-state index contributed by atoms with van der Waals surface area (Å²) >= 11 is 0. The van der Waals surface area contributed by atoms with E-state index in [2.05, 4.69) is 6.92 Å². The Morgan fingerprint density at radius 2 is 1.10 bits per heavy atom. The minimum absolute atomic E-state index is 1.11. The fraction of sp³-hybridized carbons (Fsp3) is 1.00. The molecule has 0 heteroatoms. The maximum absolute atomic E-state index is 2.50. The van der Waals surface area contributed by atoms with Crippen molar-refractivity contribution in [3.05, 3.63) is 0 Å². The largest absolute Gasteiger partial charge is 0.0620 e. The maximum atomic E-state index is 2.50. The highest BCUT2D eigenvalue weighted by molar-refractivity contribution is 5.04. The highest BCUT2D eigenvalue weighted by Gasteiger charge is 2.55. The fourth-order valence-corrected chi connectivity index (χ4v) is 4.05. The van der Waals surface area contributed by atoms with Crippen molar-refractivity contribution in [1.29, 1.82) is 0 Å². The molecule has 3 aliphatic rings. The predicted molar refractivity (Wildman–Crippen MR) is 41.6 cm³/mol. The van der Waals surface area contributed by atoms with Gasteiger partial charge in [-0.15, -0.1) is 0 Å². The van der Waals surface area contributed by atoms with Crippen molar-refractivity contribution >= 4 is 0 Å². The first-order chi connectivity index (χ1) is 4.88. The van der Waals surface area contributed by atoms with Crippen LogP contribution in [0.1, 0.15) is 32.6 Å². The third-order valence-electron chi connectivity index (χ3n) is 4.67. The Hall–Kier alpha value is 0. The van der Waals surface area contributed by atoms with E-state index in [1.54, 1.807) is 25.7 Å². The van der Waals surface area contributed by atoms with Gasteiger partial charge in [-0.3, -0.25) is 0 Å². The van der Waals surface area contributed by atoms with Crippen molar-refractivity contribution in [3.8, 4) is 0 Å². The number of rotatable bonds is 0. The quantitative estimate of drug-likeness (QED) is 0.480. The molecule has 0 aliphatic heterocycles. The van der Waals surface area contributed by atoms with E-state index >= 15 is 0 Å². The molecule has 2 bridgehead atoms. The lowest BCUT2D eigenvalue weighted by Crippen LogP contribution is -2.31. The van der Waals surface area contributed by atoms with Crippen molar-refractivity contribution in [3.63, 3.8) is 0 Å². The third kappa shape index (κ3) is 0.436. The van der Waals surface area contributed by atoms with E-state index in [1.807, 2.05) is 0 Å². The molecule has 0 heterocycles. The summed E-state index contributed by atoms with van der Waals surface area (Å²) in [4.78, 5) is 0. The van der Waals surface area contributed by atoms with Gasteiger partial charge in [0, 0.05) is 0 Å². The molecule has 0 radical (unpaired) electrons. The molecule has 0 aromatic carbocycles. The number of hydrogen-bond acceptors (Lipinski definition) is 0. The summed E-state index contributed by atoms with van der Waals surface area (Å²) < 4.78 is 0. The van der Waals surface area contributed by atoms with E-state index in [0.717, 1.165) is 5.92 Å². The van der Waals surface area contributed by atoms with Gasteiger partial charge in [0.15, 0.2) is 0 Å². The van der Waals surface area contributed by atoms with Crippen LogP contribution in [0.2, 0.25) is 0 Å². The average molecular weight is 136 g/mol. The van der Waals surface area contributed by atoms with E-state index in [9.17, 15) is 0 Å². The summed E-state index contributed by atoms with van der Waals surface area (Å²) in [7, 11) is 0. The van der Waals surface area contributed by atoms with Gasteiger partial charge in [0.25, 0.3) is 0 Å². The molecule has 3 rings (SSSR count). The molecule has 0 spiro atoms. The monoisotopic (exact) mass is 136 g/mol. The van der Waals surface area contributed by atoms with Gasteiger partial charge in [-0.2, -0.15) is 0 Å². The van der Waals surface area contributed by atoms with Crippen LogP contribution in [0.15, 0.2) is 0 Å². The topological polar surface area (TPSA) is 0 Å². The predicted octanol–water partition coefficient (Wildman–Crippen LogP) is 2.69. The summed E-state index contributed by atoms with van der Waals surface area (Å²) in [6.07, 6.45) is 6.31. The molecule has 0 saturated heterocycles. The molecule has 0 aromatic rings. The van der Waals surface area contributed by atoms with Crippen LogP contribution in [-0.2, 0) is 0 Å². The van der Waals surface area contributed by atoms with Crippen molar-refractivity contribution in [1.82, 2.24) is 0 Å². The standard InChI is InChI=1S/C10H16/c1-6-7-2-3-8(6)10-5-4-9(7)10/h6-10H,2-5H2,1H3. The van der Waals surface area contributed by atoms with Gasteiger partial charge in [-0.25, -0.2) is 0 Å². The molecule has 4 atom stereocenters.